The van der Waals surface area contributed by atoms with E-state index in [0.717, 1.165) is 19.5 Å². The fraction of sp³-hybridized carbons (Fsp3) is 0.455. The molecule has 17 heavy (non-hydrogen) atoms. The summed E-state index contributed by atoms with van der Waals surface area (Å²) in [5, 5.41) is 8.48. The van der Waals surface area contributed by atoms with Gasteiger partial charge < -0.3 is 10.2 Å². The first-order valence-electron chi connectivity index (χ1n) is 5.55. The Morgan fingerprint density at radius 3 is 2.71 bits per heavy atom. The third kappa shape index (κ3) is 2.59. The molecule has 0 saturated carbocycles. The van der Waals surface area contributed by atoms with Crippen LogP contribution in [0.25, 0.3) is 0 Å². The molecule has 5 nitrogen and oxygen atoms in total. The Hall–Kier alpha value is -1.11. The number of hydrogen-bond donors (Lipinski definition) is 2. The molecule has 1 aromatic rings. The largest absolute Gasteiger partial charge is 0.369 e. The van der Waals surface area contributed by atoms with Crippen LogP contribution in [0.15, 0.2) is 29.2 Å². The lowest BCUT2D eigenvalue weighted by Crippen LogP contribution is -2.34. The van der Waals surface area contributed by atoms with Crippen molar-refractivity contribution in [3.63, 3.8) is 0 Å². The van der Waals surface area contributed by atoms with Gasteiger partial charge in [0.05, 0.1) is 5.69 Å². The van der Waals surface area contributed by atoms with Crippen LogP contribution in [-0.2, 0) is 10.0 Å². The number of primary sulfonamides is 1. The van der Waals surface area contributed by atoms with Crippen molar-refractivity contribution in [1.29, 1.82) is 0 Å². The third-order valence-electron chi connectivity index (χ3n) is 3.13. The molecule has 0 spiro atoms. The second-order valence-electron chi connectivity index (χ2n) is 4.27. The van der Waals surface area contributed by atoms with Gasteiger partial charge in [-0.1, -0.05) is 12.1 Å². The van der Waals surface area contributed by atoms with E-state index in [1.165, 1.54) is 0 Å². The number of nitrogens with one attached hydrogen (secondary N) is 1. The first kappa shape index (κ1) is 12.3. The highest BCUT2D eigenvalue weighted by Crippen LogP contribution is 2.25. The summed E-state index contributed by atoms with van der Waals surface area (Å²) in [5.41, 5.74) is 0.670. The van der Waals surface area contributed by atoms with E-state index in [-0.39, 0.29) is 4.90 Å². The molecule has 3 N–H and O–H groups in total. The van der Waals surface area contributed by atoms with E-state index in [1.807, 2.05) is 18.0 Å². The maximum absolute atomic E-state index is 11.5. The van der Waals surface area contributed by atoms with Crippen molar-refractivity contribution < 1.29 is 8.42 Å². The van der Waals surface area contributed by atoms with Crippen molar-refractivity contribution in [2.45, 2.75) is 17.4 Å². The van der Waals surface area contributed by atoms with E-state index in [4.69, 9.17) is 5.14 Å². The first-order valence-corrected chi connectivity index (χ1v) is 7.10. The minimum absolute atomic E-state index is 0.189. The minimum atomic E-state index is -3.67. The number of rotatable bonds is 3. The SMILES string of the molecule is CN(c1ccccc1S(N)(=O)=O)C1CCNC1. The highest BCUT2D eigenvalue weighted by Gasteiger charge is 2.23. The molecule has 0 aliphatic carbocycles. The van der Waals surface area contributed by atoms with Crippen molar-refractivity contribution in [3.8, 4) is 0 Å². The molecule has 0 aromatic heterocycles. The van der Waals surface area contributed by atoms with Crippen molar-refractivity contribution in [1.82, 2.24) is 5.32 Å². The molecule has 1 fully saturated rings. The maximum Gasteiger partial charge on any atom is 0.240 e. The Bertz CT molecular complexity index is 495. The highest BCUT2D eigenvalue weighted by molar-refractivity contribution is 7.89. The first-order chi connectivity index (χ1) is 8.00. The molecule has 94 valence electrons. The lowest BCUT2D eigenvalue weighted by molar-refractivity contribution is 0.596. The van der Waals surface area contributed by atoms with Crippen molar-refractivity contribution in [3.05, 3.63) is 24.3 Å². The van der Waals surface area contributed by atoms with Gasteiger partial charge in [-0.25, -0.2) is 13.6 Å². The number of sulfonamides is 1. The topological polar surface area (TPSA) is 75.4 Å². The van der Waals surface area contributed by atoms with E-state index in [9.17, 15) is 8.42 Å². The normalized spacial score (nSPS) is 20.5. The molecular formula is C11H17N3O2S. The van der Waals surface area contributed by atoms with E-state index in [1.54, 1.807) is 18.2 Å². The molecule has 0 bridgehead atoms. The van der Waals surface area contributed by atoms with Crippen LogP contribution in [0.2, 0.25) is 0 Å². The van der Waals surface area contributed by atoms with Crippen LogP contribution in [0.1, 0.15) is 6.42 Å². The zero-order chi connectivity index (χ0) is 12.5. The minimum Gasteiger partial charge on any atom is -0.369 e. The molecule has 0 radical (unpaired) electrons. The van der Waals surface area contributed by atoms with Gasteiger partial charge in [-0.3, -0.25) is 0 Å². The molecule has 1 unspecified atom stereocenters. The predicted octanol–water partition coefficient (Wildman–Crippen LogP) is 0.132. The Balaban J connectivity index is 2.37. The molecular weight excluding hydrogens is 238 g/mol. The Kier molecular flexibility index (Phi) is 3.37. The quantitative estimate of drug-likeness (QED) is 0.805. The second-order valence-corrected chi connectivity index (χ2v) is 5.80. The average Bonchev–Trinajstić information content (AvgIpc) is 2.80. The third-order valence-corrected chi connectivity index (χ3v) is 4.09. The molecule has 6 heteroatoms. The van der Waals surface area contributed by atoms with Gasteiger partial charge in [-0.05, 0) is 25.1 Å². The fourth-order valence-electron chi connectivity index (χ4n) is 2.16. The Labute approximate surface area is 102 Å². The van der Waals surface area contributed by atoms with Gasteiger partial charge >= 0.3 is 0 Å². The lowest BCUT2D eigenvalue weighted by atomic mass is 10.2. The maximum atomic E-state index is 11.5. The van der Waals surface area contributed by atoms with E-state index in [0.29, 0.717) is 11.7 Å². The molecule has 1 aromatic carbocycles. The number of likely N-dealkylation sites (N-methyl/N-ethyl adjacent to an activating group) is 1. The summed E-state index contributed by atoms with van der Waals surface area (Å²) < 4.78 is 23.0. The number of hydrogen-bond acceptors (Lipinski definition) is 4. The molecule has 1 aliphatic heterocycles. The van der Waals surface area contributed by atoms with Crippen LogP contribution in [0.3, 0.4) is 0 Å². The summed E-state index contributed by atoms with van der Waals surface area (Å²) in [5.74, 6) is 0. The smallest absolute Gasteiger partial charge is 0.240 e. The average molecular weight is 255 g/mol. The molecule has 0 amide bonds. The van der Waals surface area contributed by atoms with E-state index >= 15 is 0 Å². The van der Waals surface area contributed by atoms with Crippen LogP contribution < -0.4 is 15.4 Å². The van der Waals surface area contributed by atoms with E-state index in [2.05, 4.69) is 5.32 Å². The standard InChI is InChI=1S/C11H17N3O2S/c1-14(9-6-7-13-8-9)10-4-2-3-5-11(10)17(12,15)16/h2-5,9,13H,6-8H2,1H3,(H2,12,15,16). The molecule has 1 atom stereocenters. The summed E-state index contributed by atoms with van der Waals surface area (Å²) in [7, 11) is -1.77. The molecule has 1 aliphatic rings. The van der Waals surface area contributed by atoms with Gasteiger partial charge in [0, 0.05) is 19.6 Å². The fourth-order valence-corrected chi connectivity index (χ4v) is 2.93. The van der Waals surface area contributed by atoms with Crippen molar-refractivity contribution in [2.75, 3.05) is 25.0 Å². The zero-order valence-corrected chi connectivity index (χ0v) is 10.6. The molecule has 1 saturated heterocycles. The van der Waals surface area contributed by atoms with Gasteiger partial charge in [0.1, 0.15) is 4.90 Å². The van der Waals surface area contributed by atoms with Gasteiger partial charge in [0.2, 0.25) is 10.0 Å². The highest BCUT2D eigenvalue weighted by atomic mass is 32.2. The van der Waals surface area contributed by atoms with E-state index < -0.39 is 10.0 Å². The second kappa shape index (κ2) is 4.64. The molecule has 2 rings (SSSR count). The van der Waals surface area contributed by atoms with Gasteiger partial charge in [-0.2, -0.15) is 0 Å². The van der Waals surface area contributed by atoms with Crippen LogP contribution >= 0.6 is 0 Å². The lowest BCUT2D eigenvalue weighted by Gasteiger charge is -2.27. The number of nitrogens with zero attached hydrogens (tertiary/aromatic N) is 1. The summed E-state index contributed by atoms with van der Waals surface area (Å²) >= 11 is 0. The number of anilines is 1. The van der Waals surface area contributed by atoms with Gasteiger partial charge in [0.15, 0.2) is 0 Å². The van der Waals surface area contributed by atoms with Gasteiger partial charge in [-0.15, -0.1) is 0 Å². The predicted molar refractivity (Wildman–Crippen MR) is 67.5 cm³/mol. The number of benzene rings is 1. The van der Waals surface area contributed by atoms with Crippen molar-refractivity contribution in [2.24, 2.45) is 5.14 Å². The van der Waals surface area contributed by atoms with Crippen LogP contribution in [-0.4, -0.2) is 34.6 Å². The van der Waals surface area contributed by atoms with Gasteiger partial charge in [0.25, 0.3) is 0 Å². The van der Waals surface area contributed by atoms with Crippen LogP contribution in [0, 0.1) is 0 Å². The Morgan fingerprint density at radius 1 is 1.41 bits per heavy atom. The summed E-state index contributed by atoms with van der Waals surface area (Å²) in [6, 6.07) is 7.16. The zero-order valence-electron chi connectivity index (χ0n) is 9.76. The summed E-state index contributed by atoms with van der Waals surface area (Å²) in [6.07, 6.45) is 1.01. The summed E-state index contributed by atoms with van der Waals surface area (Å²) in [4.78, 5) is 2.18. The number of para-hydroxylation sites is 1. The summed E-state index contributed by atoms with van der Waals surface area (Å²) in [6.45, 7) is 1.84. The number of nitrogens with two attached hydrogens (primary N) is 1. The van der Waals surface area contributed by atoms with Crippen LogP contribution in [0.4, 0.5) is 5.69 Å². The monoisotopic (exact) mass is 255 g/mol. The Morgan fingerprint density at radius 2 is 2.12 bits per heavy atom. The van der Waals surface area contributed by atoms with Crippen LogP contribution in [0.5, 0.6) is 0 Å². The molecule has 1 heterocycles. The van der Waals surface area contributed by atoms with Crippen molar-refractivity contribution >= 4 is 15.7 Å².